The number of pyridine rings is 1. The summed E-state index contributed by atoms with van der Waals surface area (Å²) in [5.41, 5.74) is 3.77. The summed E-state index contributed by atoms with van der Waals surface area (Å²) in [4.78, 5) is 30.0. The number of hydrogen-bond acceptors (Lipinski definition) is 3. The monoisotopic (exact) mass is 408 g/mol. The van der Waals surface area contributed by atoms with Crippen molar-refractivity contribution in [2.24, 2.45) is 7.05 Å². The third kappa shape index (κ3) is 3.76. The van der Waals surface area contributed by atoms with Gasteiger partial charge in [-0.3, -0.25) is 9.59 Å². The maximum absolute atomic E-state index is 12.6. The van der Waals surface area contributed by atoms with Crippen LogP contribution in [0, 0.1) is 0 Å². The lowest BCUT2D eigenvalue weighted by molar-refractivity contribution is -0.125. The van der Waals surface area contributed by atoms with Gasteiger partial charge in [-0.05, 0) is 35.8 Å². The number of benzene rings is 1. The highest BCUT2D eigenvalue weighted by molar-refractivity contribution is 6.32. The first-order chi connectivity index (χ1) is 13.9. The lowest BCUT2D eigenvalue weighted by atomic mass is 10.0. The molecule has 3 heterocycles. The van der Waals surface area contributed by atoms with Gasteiger partial charge in [0.2, 0.25) is 11.8 Å². The smallest absolute Gasteiger partial charge is 0.246 e. The van der Waals surface area contributed by atoms with Crippen LogP contribution in [0.2, 0.25) is 5.15 Å². The fraction of sp³-hybridized carbons (Fsp3) is 0.227. The van der Waals surface area contributed by atoms with Crippen LogP contribution in [0.4, 0.5) is 5.82 Å². The molecule has 1 aromatic carbocycles. The SMILES string of the molecule is CN(Cc1c(Cl)n(C)c2ccccc12)C(=O)/C=C/c1cnc2c(c1)CCC(=O)N2. The predicted octanol–water partition coefficient (Wildman–Crippen LogP) is 3.78. The van der Waals surface area contributed by atoms with Crippen LogP contribution in [0.3, 0.4) is 0 Å². The lowest BCUT2D eigenvalue weighted by Gasteiger charge is -2.16. The van der Waals surface area contributed by atoms with E-state index >= 15 is 0 Å². The molecule has 0 saturated heterocycles. The second kappa shape index (κ2) is 7.72. The fourth-order valence-electron chi connectivity index (χ4n) is 3.57. The van der Waals surface area contributed by atoms with Gasteiger partial charge in [0.05, 0.1) is 0 Å². The van der Waals surface area contributed by atoms with Crippen LogP contribution in [0.1, 0.15) is 23.1 Å². The van der Waals surface area contributed by atoms with Gasteiger partial charge in [-0.2, -0.15) is 0 Å². The van der Waals surface area contributed by atoms with Gasteiger partial charge in [0, 0.05) is 55.8 Å². The summed E-state index contributed by atoms with van der Waals surface area (Å²) >= 11 is 6.50. The molecule has 0 saturated carbocycles. The van der Waals surface area contributed by atoms with Crippen molar-refractivity contribution in [2.45, 2.75) is 19.4 Å². The minimum atomic E-state index is -0.125. The largest absolute Gasteiger partial charge is 0.338 e. The van der Waals surface area contributed by atoms with E-state index in [0.29, 0.717) is 30.4 Å². The first-order valence-corrected chi connectivity index (χ1v) is 9.75. The number of para-hydroxylation sites is 1. The summed E-state index contributed by atoms with van der Waals surface area (Å²) in [7, 11) is 3.67. The molecule has 1 aliphatic rings. The zero-order chi connectivity index (χ0) is 20.5. The molecule has 2 aromatic heterocycles. The molecule has 6 nitrogen and oxygen atoms in total. The number of amides is 2. The number of nitrogens with zero attached hydrogens (tertiary/aromatic N) is 3. The van der Waals surface area contributed by atoms with E-state index in [1.54, 1.807) is 24.2 Å². The normalized spacial score (nSPS) is 13.6. The predicted molar refractivity (Wildman–Crippen MR) is 115 cm³/mol. The van der Waals surface area contributed by atoms with Gasteiger partial charge < -0.3 is 14.8 Å². The highest BCUT2D eigenvalue weighted by atomic mass is 35.5. The Labute approximate surface area is 173 Å². The molecule has 148 valence electrons. The Morgan fingerprint density at radius 2 is 2.14 bits per heavy atom. The molecule has 0 unspecified atom stereocenters. The number of aromatic nitrogens is 2. The zero-order valence-electron chi connectivity index (χ0n) is 16.3. The Kier molecular flexibility index (Phi) is 5.11. The maximum atomic E-state index is 12.6. The summed E-state index contributed by atoms with van der Waals surface area (Å²) < 4.78 is 1.93. The molecule has 7 heteroatoms. The Morgan fingerprint density at radius 1 is 1.34 bits per heavy atom. The lowest BCUT2D eigenvalue weighted by Crippen LogP contribution is -2.24. The molecule has 0 aliphatic carbocycles. The molecule has 0 fully saturated rings. The molecule has 0 spiro atoms. The van der Waals surface area contributed by atoms with Crippen molar-refractivity contribution in [3.8, 4) is 0 Å². The molecule has 4 rings (SSSR count). The number of carbonyl (C=O) groups is 2. The number of rotatable bonds is 4. The molecule has 0 atom stereocenters. The molecule has 0 bridgehead atoms. The molecule has 29 heavy (non-hydrogen) atoms. The minimum Gasteiger partial charge on any atom is -0.338 e. The van der Waals surface area contributed by atoms with Crippen LogP contribution in [-0.2, 0) is 29.6 Å². The van der Waals surface area contributed by atoms with Gasteiger partial charge in [0.1, 0.15) is 11.0 Å². The van der Waals surface area contributed by atoms with Gasteiger partial charge >= 0.3 is 0 Å². The maximum Gasteiger partial charge on any atom is 0.246 e. The topological polar surface area (TPSA) is 67.2 Å². The highest BCUT2D eigenvalue weighted by Gasteiger charge is 2.17. The zero-order valence-corrected chi connectivity index (χ0v) is 17.0. The van der Waals surface area contributed by atoms with Gasteiger partial charge in [-0.1, -0.05) is 29.8 Å². The van der Waals surface area contributed by atoms with Crippen molar-refractivity contribution in [3.63, 3.8) is 0 Å². The van der Waals surface area contributed by atoms with E-state index in [-0.39, 0.29) is 11.8 Å². The van der Waals surface area contributed by atoms with Crippen LogP contribution in [0.15, 0.2) is 42.6 Å². The summed E-state index contributed by atoms with van der Waals surface area (Å²) in [6.07, 6.45) is 6.03. The summed E-state index contributed by atoms with van der Waals surface area (Å²) in [5, 5.41) is 4.44. The third-order valence-corrected chi connectivity index (χ3v) is 5.67. The molecular formula is C22H21ClN4O2. The Bertz CT molecular complexity index is 1150. The van der Waals surface area contributed by atoms with Gasteiger partial charge in [-0.15, -0.1) is 0 Å². The van der Waals surface area contributed by atoms with E-state index in [9.17, 15) is 9.59 Å². The number of hydrogen-bond donors (Lipinski definition) is 1. The number of anilines is 1. The number of aryl methyl sites for hydroxylation is 2. The molecule has 2 amide bonds. The van der Waals surface area contributed by atoms with Crippen LogP contribution in [0.25, 0.3) is 17.0 Å². The van der Waals surface area contributed by atoms with E-state index in [4.69, 9.17) is 11.6 Å². The standard InChI is InChI=1S/C22H21ClN4O2/c1-26(13-17-16-5-3-4-6-18(16)27(2)21(17)23)20(29)10-7-14-11-15-8-9-19(28)25-22(15)24-12-14/h3-7,10-12H,8-9,13H2,1-2H3,(H,24,25,28)/b10-7+. The second-order valence-corrected chi connectivity index (χ2v) is 7.56. The molecule has 3 aromatic rings. The van der Waals surface area contributed by atoms with E-state index in [2.05, 4.69) is 10.3 Å². The van der Waals surface area contributed by atoms with Crippen molar-refractivity contribution in [3.05, 3.63) is 64.4 Å². The molecule has 1 aliphatic heterocycles. The van der Waals surface area contributed by atoms with Crippen molar-refractivity contribution >= 4 is 46.2 Å². The average molecular weight is 409 g/mol. The number of nitrogens with one attached hydrogen (secondary N) is 1. The van der Waals surface area contributed by atoms with Crippen molar-refractivity contribution < 1.29 is 9.59 Å². The van der Waals surface area contributed by atoms with Crippen molar-refractivity contribution in [2.75, 3.05) is 12.4 Å². The third-order valence-electron chi connectivity index (χ3n) is 5.19. The minimum absolute atomic E-state index is 0.0165. The van der Waals surface area contributed by atoms with E-state index in [1.165, 1.54) is 6.08 Å². The second-order valence-electron chi connectivity index (χ2n) is 7.20. The molecular weight excluding hydrogens is 388 g/mol. The van der Waals surface area contributed by atoms with Gasteiger partial charge in [0.25, 0.3) is 0 Å². The van der Waals surface area contributed by atoms with Crippen molar-refractivity contribution in [1.29, 1.82) is 0 Å². The van der Waals surface area contributed by atoms with Crippen LogP contribution in [-0.4, -0.2) is 33.3 Å². The van der Waals surface area contributed by atoms with Crippen LogP contribution in [0.5, 0.6) is 0 Å². The van der Waals surface area contributed by atoms with Crippen molar-refractivity contribution in [1.82, 2.24) is 14.5 Å². The van der Waals surface area contributed by atoms with Crippen LogP contribution >= 0.6 is 11.6 Å². The highest BCUT2D eigenvalue weighted by Crippen LogP contribution is 2.30. The Hall–Kier alpha value is -3.12. The Balaban J connectivity index is 1.49. The summed E-state index contributed by atoms with van der Waals surface area (Å²) in [6.45, 7) is 0.415. The molecule has 1 N–H and O–H groups in total. The first kappa shape index (κ1) is 19.2. The summed E-state index contributed by atoms with van der Waals surface area (Å²) in [6, 6.07) is 9.92. The van der Waals surface area contributed by atoms with Crippen LogP contribution < -0.4 is 5.32 Å². The summed E-state index contributed by atoms with van der Waals surface area (Å²) in [5.74, 6) is 0.463. The Morgan fingerprint density at radius 3 is 2.97 bits per heavy atom. The van der Waals surface area contributed by atoms with Gasteiger partial charge in [0.15, 0.2) is 0 Å². The number of fused-ring (bicyclic) bond motifs is 2. The van der Waals surface area contributed by atoms with E-state index in [1.807, 2.05) is 41.9 Å². The fourth-order valence-corrected chi connectivity index (χ4v) is 3.82. The van der Waals surface area contributed by atoms with Gasteiger partial charge in [-0.25, -0.2) is 4.98 Å². The number of likely N-dealkylation sites (N-methyl/N-ethyl adjacent to an activating group) is 1. The first-order valence-electron chi connectivity index (χ1n) is 9.38. The number of halogens is 1. The number of carbonyl (C=O) groups excluding carboxylic acids is 2. The molecule has 0 radical (unpaired) electrons. The van der Waals surface area contributed by atoms with E-state index < -0.39 is 0 Å². The average Bonchev–Trinajstić information content (AvgIpc) is 2.97. The van der Waals surface area contributed by atoms with E-state index in [0.717, 1.165) is 27.6 Å². The quantitative estimate of drug-likeness (QED) is 0.668.